The standard InChI is InChI=1S/C28H25BrN2O5S/c1-17-4-10-22(12-18(17)2)30-26(32)16-36-23-11-7-20(13-24(23)35-3)14-25-27(33)31(28(34)37-25)15-19-5-8-21(29)9-6-19/h4-14H,15-16H2,1-3H3,(H,30,32)/b25-14+. The van der Waals surface area contributed by atoms with Gasteiger partial charge in [0.25, 0.3) is 17.1 Å². The number of carbonyl (C=O) groups excluding carboxylic acids is 3. The number of hydrogen-bond acceptors (Lipinski definition) is 6. The van der Waals surface area contributed by atoms with Crippen LogP contribution in [0.1, 0.15) is 22.3 Å². The fourth-order valence-corrected chi connectivity index (χ4v) is 4.72. The first-order valence-corrected chi connectivity index (χ1v) is 13.0. The van der Waals surface area contributed by atoms with Crippen LogP contribution in [0.25, 0.3) is 6.08 Å². The number of methoxy groups -OCH3 is 1. The van der Waals surface area contributed by atoms with E-state index in [4.69, 9.17) is 9.47 Å². The molecule has 7 nitrogen and oxygen atoms in total. The maximum atomic E-state index is 12.9. The van der Waals surface area contributed by atoms with Gasteiger partial charge in [-0.3, -0.25) is 19.3 Å². The lowest BCUT2D eigenvalue weighted by Gasteiger charge is -2.13. The molecule has 37 heavy (non-hydrogen) atoms. The zero-order valence-electron chi connectivity index (χ0n) is 20.5. The van der Waals surface area contributed by atoms with Crippen LogP contribution in [-0.4, -0.2) is 35.7 Å². The van der Waals surface area contributed by atoms with Crippen molar-refractivity contribution in [1.82, 2.24) is 4.90 Å². The van der Waals surface area contributed by atoms with E-state index in [2.05, 4.69) is 21.2 Å². The van der Waals surface area contributed by atoms with Crippen LogP contribution in [0.3, 0.4) is 0 Å². The van der Waals surface area contributed by atoms with Gasteiger partial charge in [-0.1, -0.05) is 40.2 Å². The fraction of sp³-hybridized carbons (Fsp3) is 0.179. The molecule has 9 heteroatoms. The summed E-state index contributed by atoms with van der Waals surface area (Å²) in [5.74, 6) is 0.147. The molecule has 190 valence electrons. The minimum atomic E-state index is -0.347. The normalized spacial score (nSPS) is 14.3. The largest absolute Gasteiger partial charge is 0.493 e. The number of nitrogens with zero attached hydrogens (tertiary/aromatic N) is 1. The number of rotatable bonds is 8. The number of imide groups is 1. The van der Waals surface area contributed by atoms with E-state index in [-0.39, 0.29) is 30.2 Å². The lowest BCUT2D eigenvalue weighted by Crippen LogP contribution is -2.27. The number of amides is 3. The van der Waals surface area contributed by atoms with E-state index in [1.165, 1.54) is 12.0 Å². The summed E-state index contributed by atoms with van der Waals surface area (Å²) in [6, 6.07) is 18.3. The molecule has 3 aromatic rings. The Morgan fingerprint density at radius 1 is 1.00 bits per heavy atom. The van der Waals surface area contributed by atoms with Crippen LogP contribution >= 0.6 is 27.7 Å². The van der Waals surface area contributed by atoms with Crippen molar-refractivity contribution in [3.8, 4) is 11.5 Å². The van der Waals surface area contributed by atoms with Crippen molar-refractivity contribution in [2.75, 3.05) is 19.0 Å². The van der Waals surface area contributed by atoms with Crippen molar-refractivity contribution in [1.29, 1.82) is 0 Å². The highest BCUT2D eigenvalue weighted by molar-refractivity contribution is 9.10. The van der Waals surface area contributed by atoms with Gasteiger partial charge in [0.15, 0.2) is 18.1 Å². The summed E-state index contributed by atoms with van der Waals surface area (Å²) < 4.78 is 12.0. The van der Waals surface area contributed by atoms with E-state index in [0.717, 1.165) is 32.9 Å². The number of aryl methyl sites for hydroxylation is 2. The van der Waals surface area contributed by atoms with E-state index in [1.807, 2.05) is 56.3 Å². The summed E-state index contributed by atoms with van der Waals surface area (Å²) in [5, 5.41) is 2.50. The maximum absolute atomic E-state index is 12.9. The highest BCUT2D eigenvalue weighted by Gasteiger charge is 2.35. The number of hydrogen-bond donors (Lipinski definition) is 1. The molecule has 3 aromatic carbocycles. The van der Waals surface area contributed by atoms with Crippen molar-refractivity contribution in [3.05, 3.63) is 92.3 Å². The molecule has 3 amide bonds. The zero-order chi connectivity index (χ0) is 26.5. The minimum absolute atomic E-state index is 0.197. The van der Waals surface area contributed by atoms with Gasteiger partial charge in [0.1, 0.15) is 0 Å². The Morgan fingerprint density at radius 2 is 1.76 bits per heavy atom. The summed E-state index contributed by atoms with van der Waals surface area (Å²) in [4.78, 5) is 39.3. The molecule has 0 radical (unpaired) electrons. The van der Waals surface area contributed by atoms with Gasteiger partial charge in [-0.15, -0.1) is 0 Å². The van der Waals surface area contributed by atoms with E-state index < -0.39 is 0 Å². The number of thioether (sulfide) groups is 1. The van der Waals surface area contributed by atoms with Crippen LogP contribution < -0.4 is 14.8 Å². The molecule has 0 saturated carbocycles. The third-order valence-corrected chi connectivity index (χ3v) is 7.20. The Hall–Kier alpha value is -3.56. The molecule has 0 atom stereocenters. The third-order valence-electron chi connectivity index (χ3n) is 5.76. The van der Waals surface area contributed by atoms with Crippen LogP contribution in [0.2, 0.25) is 0 Å². The molecule has 1 fully saturated rings. The molecule has 0 unspecified atom stereocenters. The molecule has 0 aliphatic carbocycles. The average Bonchev–Trinajstić information content (AvgIpc) is 3.13. The summed E-state index contributed by atoms with van der Waals surface area (Å²) in [6.45, 7) is 4.00. The maximum Gasteiger partial charge on any atom is 0.293 e. The van der Waals surface area contributed by atoms with Gasteiger partial charge < -0.3 is 14.8 Å². The first-order chi connectivity index (χ1) is 17.7. The molecule has 1 aliphatic heterocycles. The van der Waals surface area contributed by atoms with Crippen molar-refractivity contribution < 1.29 is 23.9 Å². The quantitative estimate of drug-likeness (QED) is 0.313. The lowest BCUT2D eigenvalue weighted by molar-refractivity contribution is -0.123. The topological polar surface area (TPSA) is 84.9 Å². The van der Waals surface area contributed by atoms with Crippen LogP contribution in [0.15, 0.2) is 70.0 Å². The Morgan fingerprint density at radius 3 is 2.46 bits per heavy atom. The average molecular weight is 581 g/mol. The smallest absolute Gasteiger partial charge is 0.293 e. The molecule has 1 saturated heterocycles. The molecule has 0 bridgehead atoms. The van der Waals surface area contributed by atoms with E-state index >= 15 is 0 Å². The second kappa shape index (κ2) is 11.7. The van der Waals surface area contributed by atoms with Crippen molar-refractivity contribution in [2.24, 2.45) is 0 Å². The number of halogens is 1. The SMILES string of the molecule is COc1cc(/C=C2/SC(=O)N(Cc3ccc(Br)cc3)C2=O)ccc1OCC(=O)Nc1ccc(C)c(C)c1. The first kappa shape index (κ1) is 26.5. The van der Waals surface area contributed by atoms with Gasteiger partial charge in [-0.05, 0) is 90.3 Å². The molecule has 1 aliphatic rings. The number of carbonyl (C=O) groups is 3. The van der Waals surface area contributed by atoms with Crippen LogP contribution in [-0.2, 0) is 16.1 Å². The molecule has 0 aromatic heterocycles. The highest BCUT2D eigenvalue weighted by atomic mass is 79.9. The lowest BCUT2D eigenvalue weighted by atomic mass is 10.1. The third kappa shape index (κ3) is 6.61. The number of benzene rings is 3. The predicted molar refractivity (Wildman–Crippen MR) is 149 cm³/mol. The van der Waals surface area contributed by atoms with Crippen LogP contribution in [0.5, 0.6) is 11.5 Å². The second-order valence-corrected chi connectivity index (χ2v) is 10.3. The summed E-state index contributed by atoms with van der Waals surface area (Å²) >= 11 is 4.28. The molecular formula is C28H25BrN2O5S. The molecule has 1 heterocycles. The molecule has 4 rings (SSSR count). The first-order valence-electron chi connectivity index (χ1n) is 11.4. The van der Waals surface area contributed by atoms with E-state index in [1.54, 1.807) is 24.3 Å². The van der Waals surface area contributed by atoms with Crippen molar-refractivity contribution in [3.63, 3.8) is 0 Å². The van der Waals surface area contributed by atoms with Gasteiger partial charge in [0, 0.05) is 10.2 Å². The minimum Gasteiger partial charge on any atom is -0.493 e. The molecular weight excluding hydrogens is 556 g/mol. The Balaban J connectivity index is 1.41. The van der Waals surface area contributed by atoms with Gasteiger partial charge in [0.2, 0.25) is 0 Å². The fourth-order valence-electron chi connectivity index (χ4n) is 3.61. The van der Waals surface area contributed by atoms with Gasteiger partial charge in [-0.2, -0.15) is 0 Å². The number of anilines is 1. The Kier molecular flexibility index (Phi) is 8.35. The molecule has 0 spiro atoms. The van der Waals surface area contributed by atoms with Crippen molar-refractivity contribution in [2.45, 2.75) is 20.4 Å². The van der Waals surface area contributed by atoms with Crippen LogP contribution in [0.4, 0.5) is 10.5 Å². The Bertz CT molecular complexity index is 1390. The summed E-state index contributed by atoms with van der Waals surface area (Å²) in [5.41, 5.74) is 4.46. The zero-order valence-corrected chi connectivity index (χ0v) is 22.9. The monoisotopic (exact) mass is 580 g/mol. The van der Waals surface area contributed by atoms with Crippen molar-refractivity contribution >= 4 is 56.5 Å². The van der Waals surface area contributed by atoms with Gasteiger partial charge in [-0.25, -0.2) is 0 Å². The predicted octanol–water partition coefficient (Wildman–Crippen LogP) is 6.33. The van der Waals surface area contributed by atoms with Crippen LogP contribution in [0, 0.1) is 13.8 Å². The van der Waals surface area contributed by atoms with Gasteiger partial charge in [0.05, 0.1) is 18.6 Å². The summed E-state index contributed by atoms with van der Waals surface area (Å²) in [7, 11) is 1.49. The number of nitrogens with one attached hydrogen (secondary N) is 1. The number of ether oxygens (including phenoxy) is 2. The Labute approximate surface area is 228 Å². The van der Waals surface area contributed by atoms with Gasteiger partial charge >= 0.3 is 0 Å². The second-order valence-electron chi connectivity index (χ2n) is 8.44. The molecule has 1 N–H and O–H groups in total. The van der Waals surface area contributed by atoms with E-state index in [9.17, 15) is 14.4 Å². The van der Waals surface area contributed by atoms with E-state index in [0.29, 0.717) is 27.7 Å². The highest BCUT2D eigenvalue weighted by Crippen LogP contribution is 2.35. The summed E-state index contributed by atoms with van der Waals surface area (Å²) in [6.07, 6.45) is 1.64.